The van der Waals surface area contributed by atoms with Gasteiger partial charge in [0.25, 0.3) is 0 Å². The third-order valence-corrected chi connectivity index (χ3v) is 17.4. The van der Waals surface area contributed by atoms with Gasteiger partial charge in [0.2, 0.25) is 0 Å². The first-order valence-corrected chi connectivity index (χ1v) is 29.3. The van der Waals surface area contributed by atoms with E-state index >= 15 is 0 Å². The van der Waals surface area contributed by atoms with Crippen LogP contribution < -0.4 is 9.80 Å². The summed E-state index contributed by atoms with van der Waals surface area (Å²) in [6, 6.07) is 29.5. The summed E-state index contributed by atoms with van der Waals surface area (Å²) in [5, 5.41) is 6.45. The third kappa shape index (κ3) is 8.31. The van der Waals surface area contributed by atoms with E-state index in [-0.39, 0.29) is 44.5 Å². The van der Waals surface area contributed by atoms with Crippen LogP contribution in [0, 0.1) is 0 Å². The van der Waals surface area contributed by atoms with Crippen molar-refractivity contribution in [1.29, 1.82) is 0 Å². The molecule has 0 saturated carbocycles. The molecule has 0 amide bonds. The maximum absolute atomic E-state index is 10.1. The zero-order valence-corrected chi connectivity index (χ0v) is 50.3. The fourth-order valence-corrected chi connectivity index (χ4v) is 12.9. The smallest absolute Gasteiger partial charge is 0.0645 e. The van der Waals surface area contributed by atoms with Crippen LogP contribution in [0.15, 0.2) is 230 Å². The summed E-state index contributed by atoms with van der Waals surface area (Å²) in [6.07, 6.45) is 0. The van der Waals surface area contributed by atoms with Crippen LogP contribution in [0.25, 0.3) is 98.4 Å². The molecule has 0 radical (unpaired) electrons. The molecule has 11 aromatic carbocycles. The normalized spacial score (nSPS) is 15.8. The molecule has 15 rings (SSSR count). The minimum Gasteiger partial charge on any atom is -0.309 e. The Bertz CT molecular complexity index is 5840. The van der Waals surface area contributed by atoms with Crippen molar-refractivity contribution in [2.24, 2.45) is 0 Å². The van der Waals surface area contributed by atoms with Crippen LogP contribution in [0.1, 0.15) is 130 Å². The van der Waals surface area contributed by atoms with Crippen LogP contribution in [-0.2, 0) is 21.7 Å². The highest BCUT2D eigenvalue weighted by Gasteiger charge is 2.32. The van der Waals surface area contributed by atoms with Crippen molar-refractivity contribution >= 4 is 110 Å². The van der Waals surface area contributed by atoms with Gasteiger partial charge in [-0.15, -0.1) is 0 Å². The second-order valence-corrected chi connectivity index (χ2v) is 27.0. The van der Waals surface area contributed by atoms with Crippen molar-refractivity contribution in [3.63, 3.8) is 0 Å². The van der Waals surface area contributed by atoms with Gasteiger partial charge >= 0.3 is 0 Å². The van der Waals surface area contributed by atoms with E-state index in [9.17, 15) is 13.7 Å². The van der Waals surface area contributed by atoms with Gasteiger partial charge in [-0.05, 0) is 140 Å². The average molecular weight is 1130 g/mol. The molecule has 86 heavy (non-hydrogen) atoms. The van der Waals surface area contributed by atoms with Gasteiger partial charge in [0.1, 0.15) is 0 Å². The minimum atomic E-state index is -0.661. The fourth-order valence-electron chi connectivity index (χ4n) is 12.9. The topological polar surface area (TPSA) is 15.3 Å². The molecule has 0 unspecified atom stereocenters. The van der Waals surface area contributed by atoms with Crippen LogP contribution >= 0.6 is 0 Å². The van der Waals surface area contributed by atoms with E-state index in [2.05, 4.69) is 140 Å². The molecule has 0 atom stereocenters. The Morgan fingerprint density at radius 3 is 1.05 bits per heavy atom. The van der Waals surface area contributed by atoms with E-state index in [4.69, 9.17) is 11.0 Å². The van der Waals surface area contributed by atoms with Crippen LogP contribution in [0.5, 0.6) is 0 Å². The molecule has 0 N–H and O–H groups in total. The van der Waals surface area contributed by atoms with Crippen molar-refractivity contribution in [1.82, 2.24) is 8.80 Å². The molecule has 0 spiro atoms. The monoisotopic (exact) mass is 1130 g/mol. The number of anilines is 6. The predicted octanol–water partition coefficient (Wildman–Crippen LogP) is 23.5. The lowest BCUT2D eigenvalue weighted by Gasteiger charge is -2.30. The highest BCUT2D eigenvalue weighted by Crippen LogP contribution is 2.54. The van der Waals surface area contributed by atoms with E-state index in [1.54, 1.807) is 9.80 Å². The van der Waals surface area contributed by atoms with Gasteiger partial charge in [0, 0.05) is 65.6 Å². The van der Waals surface area contributed by atoms with Crippen molar-refractivity contribution in [2.45, 2.75) is 105 Å². The summed E-state index contributed by atoms with van der Waals surface area (Å²) in [7, 11) is 0. The SMILES string of the molecule is [2H]c1c([2H])c([2H])c(-c2c([2H])c([2H])c([2H])c([2H])c2N(c2cccc(C(C)(C)C)c2)c2ccc3c4cc5c(cc4n4c6ccc(C(C)(C)C)cc6c2c34)c2ccc(N(c3cccc(C(C)(C)C)c3)c3c([2H])c([2H])c([2H])c([2H])c3-c3c([2H])c([2H])c([2H])c([2H])c3[2H])c3c4cc(C(C)(C)C)ccc4n5c23)c([2H])c1[2H]. The number of aromatic nitrogens is 2. The summed E-state index contributed by atoms with van der Waals surface area (Å²) in [5.74, 6) is 0. The maximum atomic E-state index is 10.1. The number of para-hydroxylation sites is 2. The standard InChI is InChI=1S/C82H74N4/c1-79(2,3)53-29-23-31-57(45-53)83(67-35-21-19-33-59(67)51-25-15-13-16-26-51)71-43-39-61-63-49-74-64(50-73(63)85-69-41-37-55(81(7,8)9)47-65(69)75(71)77(61)85)62-40-44-72(76-66-48-56(82(10,11)12)38-42-70(66)86(74)78(62)76)84(58-32-24-30-54(46-58)80(4,5)6)68-36-22-20-34-60(68)52-27-17-14-18-28-52/h13-50H,1-12H3/i13D,14D,15D,16D,17D,18D,19D,20D,21D,22D,25D,26D,27D,28D,33D,34D,35D,36D. The van der Waals surface area contributed by atoms with Crippen molar-refractivity contribution in [3.05, 3.63) is 252 Å². The summed E-state index contributed by atoms with van der Waals surface area (Å²) < 4.78 is 172. The second kappa shape index (κ2) is 19.1. The van der Waals surface area contributed by atoms with Crippen molar-refractivity contribution < 1.29 is 24.7 Å². The molecule has 0 aliphatic rings. The number of fused-ring (bicyclic) bond motifs is 12. The molecule has 4 heteroatoms. The first-order valence-electron chi connectivity index (χ1n) is 38.3. The van der Waals surface area contributed by atoms with E-state index < -0.39 is 120 Å². The van der Waals surface area contributed by atoms with Crippen LogP contribution in [0.3, 0.4) is 0 Å². The van der Waals surface area contributed by atoms with E-state index in [0.29, 0.717) is 33.5 Å². The summed E-state index contributed by atoms with van der Waals surface area (Å²) in [5.41, 5.74) is 7.46. The highest BCUT2D eigenvalue weighted by atomic mass is 15.2. The Morgan fingerprint density at radius 2 is 0.663 bits per heavy atom. The number of nitrogens with zero attached hydrogens (tertiary/aromatic N) is 4. The van der Waals surface area contributed by atoms with Gasteiger partial charge in [-0.2, -0.15) is 0 Å². The molecule has 4 heterocycles. The summed E-state index contributed by atoms with van der Waals surface area (Å²) >= 11 is 0. The predicted molar refractivity (Wildman–Crippen MR) is 371 cm³/mol. The van der Waals surface area contributed by atoms with Gasteiger partial charge in [0.05, 0.1) is 80.5 Å². The molecule has 15 aromatic rings. The molecular weight excluding hydrogens is 1040 g/mol. The lowest BCUT2D eigenvalue weighted by molar-refractivity contribution is 0.590. The molecule has 0 bridgehead atoms. The first kappa shape index (κ1) is 37.1. The summed E-state index contributed by atoms with van der Waals surface area (Å²) in [6.45, 7) is 25.2. The molecule has 0 aliphatic carbocycles. The Labute approximate surface area is 531 Å². The second-order valence-electron chi connectivity index (χ2n) is 27.0. The number of hydrogen-bond donors (Lipinski definition) is 0. The highest BCUT2D eigenvalue weighted by molar-refractivity contribution is 6.32. The zero-order chi connectivity index (χ0) is 75.0. The number of hydrogen-bond acceptors (Lipinski definition) is 2. The Morgan fingerprint density at radius 1 is 0.302 bits per heavy atom. The van der Waals surface area contributed by atoms with Crippen molar-refractivity contribution in [3.8, 4) is 22.3 Å². The van der Waals surface area contributed by atoms with Crippen molar-refractivity contribution in [2.75, 3.05) is 9.80 Å². The quantitative estimate of drug-likeness (QED) is 0.151. The third-order valence-electron chi connectivity index (χ3n) is 17.4. The molecule has 0 aliphatic heterocycles. The molecule has 422 valence electrons. The lowest BCUT2D eigenvalue weighted by Crippen LogP contribution is -2.15. The largest absolute Gasteiger partial charge is 0.309 e. The van der Waals surface area contributed by atoms with Gasteiger partial charge in [-0.25, -0.2) is 0 Å². The van der Waals surface area contributed by atoms with Crippen LogP contribution in [0.2, 0.25) is 0 Å². The number of rotatable bonds is 8. The molecule has 0 fully saturated rings. The van der Waals surface area contributed by atoms with E-state index in [1.165, 1.54) is 0 Å². The molecule has 4 aromatic heterocycles. The first-order chi connectivity index (χ1) is 48.7. The number of benzene rings is 11. The zero-order valence-electron chi connectivity index (χ0n) is 68.3. The maximum Gasteiger partial charge on any atom is 0.0645 e. The van der Waals surface area contributed by atoms with E-state index in [0.717, 1.165) is 87.7 Å². The van der Waals surface area contributed by atoms with Gasteiger partial charge < -0.3 is 18.6 Å². The molecule has 0 saturated heterocycles. The van der Waals surface area contributed by atoms with E-state index in [1.807, 2.05) is 72.8 Å². The van der Waals surface area contributed by atoms with Gasteiger partial charge in [-0.1, -0.05) is 228 Å². The Hall–Kier alpha value is -9.38. The van der Waals surface area contributed by atoms with Gasteiger partial charge in [0.15, 0.2) is 0 Å². The average Bonchev–Trinajstić information content (AvgIpc) is 1.47. The Kier molecular flexibility index (Phi) is 8.23. The summed E-state index contributed by atoms with van der Waals surface area (Å²) in [4.78, 5) is 3.55. The Balaban J connectivity index is 1.10. The van der Waals surface area contributed by atoms with Crippen LogP contribution in [-0.4, -0.2) is 8.80 Å². The lowest BCUT2D eigenvalue weighted by atomic mass is 9.86. The molecular formula is C82H74N4. The van der Waals surface area contributed by atoms with Gasteiger partial charge in [-0.3, -0.25) is 0 Å². The minimum absolute atomic E-state index is 0.120. The van der Waals surface area contributed by atoms with Crippen LogP contribution in [0.4, 0.5) is 34.1 Å². The fraction of sp³-hybridized carbons (Fsp3) is 0.195. The molecule has 4 nitrogen and oxygen atoms in total.